The first-order valence-corrected chi connectivity index (χ1v) is 5.55. The Morgan fingerprint density at radius 3 is 2.42 bits per heavy atom. The molecule has 1 aromatic carbocycles. The molecular formula is C13H11N3O3. The van der Waals surface area contributed by atoms with E-state index in [2.05, 4.69) is 10.3 Å². The number of aryl methyl sites for hydroxylation is 1. The van der Waals surface area contributed by atoms with Gasteiger partial charge in [-0.3, -0.25) is 14.9 Å². The number of anilines is 1. The van der Waals surface area contributed by atoms with Gasteiger partial charge in [0.1, 0.15) is 5.82 Å². The molecule has 6 nitrogen and oxygen atoms in total. The lowest BCUT2D eigenvalue weighted by atomic mass is 10.2. The molecule has 19 heavy (non-hydrogen) atoms. The van der Waals surface area contributed by atoms with Crippen molar-refractivity contribution in [1.29, 1.82) is 0 Å². The van der Waals surface area contributed by atoms with Gasteiger partial charge in [0.05, 0.1) is 4.92 Å². The van der Waals surface area contributed by atoms with Crippen LogP contribution in [0.3, 0.4) is 0 Å². The summed E-state index contributed by atoms with van der Waals surface area (Å²) in [5.74, 6) is 0.0835. The molecule has 6 heteroatoms. The molecule has 96 valence electrons. The van der Waals surface area contributed by atoms with E-state index < -0.39 is 4.92 Å². The Morgan fingerprint density at radius 1 is 1.21 bits per heavy atom. The molecule has 0 saturated carbocycles. The normalized spacial score (nSPS) is 9.95. The molecule has 0 aliphatic carbocycles. The molecule has 1 N–H and O–H groups in total. The number of carbonyl (C=O) groups excluding carboxylic acids is 1. The molecule has 0 atom stereocenters. The Labute approximate surface area is 109 Å². The fraction of sp³-hybridized carbons (Fsp3) is 0.0769. The molecule has 0 spiro atoms. The quantitative estimate of drug-likeness (QED) is 0.676. The number of nitro groups is 1. The summed E-state index contributed by atoms with van der Waals surface area (Å²) in [5.41, 5.74) is 1.28. The Balaban J connectivity index is 2.11. The molecular weight excluding hydrogens is 246 g/mol. The highest BCUT2D eigenvalue weighted by molar-refractivity contribution is 6.03. The molecule has 2 rings (SSSR count). The maximum Gasteiger partial charge on any atom is 0.269 e. The van der Waals surface area contributed by atoms with Crippen molar-refractivity contribution >= 4 is 17.4 Å². The van der Waals surface area contributed by atoms with Crippen LogP contribution >= 0.6 is 0 Å². The lowest BCUT2D eigenvalue weighted by molar-refractivity contribution is -0.384. The predicted molar refractivity (Wildman–Crippen MR) is 70.0 cm³/mol. The van der Waals surface area contributed by atoms with Gasteiger partial charge in [0.25, 0.3) is 11.6 Å². The van der Waals surface area contributed by atoms with E-state index in [1.54, 1.807) is 12.3 Å². The third-order valence-corrected chi connectivity index (χ3v) is 2.49. The monoisotopic (exact) mass is 257 g/mol. The van der Waals surface area contributed by atoms with Crippen molar-refractivity contribution < 1.29 is 9.72 Å². The molecule has 0 saturated heterocycles. The van der Waals surface area contributed by atoms with E-state index in [0.29, 0.717) is 11.4 Å². The topological polar surface area (TPSA) is 85.1 Å². The number of nitrogens with one attached hydrogen (secondary N) is 1. The van der Waals surface area contributed by atoms with Crippen LogP contribution in [-0.2, 0) is 0 Å². The van der Waals surface area contributed by atoms with Crippen molar-refractivity contribution in [2.24, 2.45) is 0 Å². The van der Waals surface area contributed by atoms with E-state index in [0.717, 1.165) is 5.56 Å². The van der Waals surface area contributed by atoms with Crippen LogP contribution in [0.5, 0.6) is 0 Å². The van der Waals surface area contributed by atoms with Crippen LogP contribution < -0.4 is 5.32 Å². The van der Waals surface area contributed by atoms with Crippen LogP contribution in [0.4, 0.5) is 11.5 Å². The summed E-state index contributed by atoms with van der Waals surface area (Å²) in [5, 5.41) is 13.1. The number of hydrogen-bond donors (Lipinski definition) is 1. The first-order valence-electron chi connectivity index (χ1n) is 5.55. The van der Waals surface area contributed by atoms with Gasteiger partial charge >= 0.3 is 0 Å². The molecule has 1 amide bonds. The van der Waals surface area contributed by atoms with Gasteiger partial charge in [0, 0.05) is 23.9 Å². The lowest BCUT2D eigenvalue weighted by Crippen LogP contribution is -2.12. The Bertz CT molecular complexity index is 606. The number of carbonyl (C=O) groups is 1. The molecule has 0 fully saturated rings. The van der Waals surface area contributed by atoms with Crippen molar-refractivity contribution in [3.05, 3.63) is 63.8 Å². The fourth-order valence-corrected chi connectivity index (χ4v) is 1.46. The van der Waals surface area contributed by atoms with Gasteiger partial charge < -0.3 is 5.32 Å². The first-order chi connectivity index (χ1) is 9.06. The first kappa shape index (κ1) is 12.7. The number of pyridine rings is 1. The molecule has 0 aliphatic rings. The summed E-state index contributed by atoms with van der Waals surface area (Å²) in [6.07, 6.45) is 1.64. The van der Waals surface area contributed by atoms with Crippen LogP contribution in [0.1, 0.15) is 15.9 Å². The predicted octanol–water partition coefficient (Wildman–Crippen LogP) is 2.55. The summed E-state index contributed by atoms with van der Waals surface area (Å²) in [4.78, 5) is 25.9. The van der Waals surface area contributed by atoms with Gasteiger partial charge in [-0.2, -0.15) is 0 Å². The highest BCUT2D eigenvalue weighted by atomic mass is 16.6. The second-order valence-electron chi connectivity index (χ2n) is 3.98. The van der Waals surface area contributed by atoms with Crippen molar-refractivity contribution in [2.45, 2.75) is 6.92 Å². The van der Waals surface area contributed by atoms with E-state index >= 15 is 0 Å². The highest BCUT2D eigenvalue weighted by Gasteiger charge is 2.09. The maximum atomic E-state index is 11.9. The SMILES string of the molecule is Cc1ccc(NC(=O)c2ccc([N+](=O)[O-])cc2)nc1. The lowest BCUT2D eigenvalue weighted by Gasteiger charge is -2.04. The van der Waals surface area contributed by atoms with Gasteiger partial charge in [-0.15, -0.1) is 0 Å². The zero-order valence-electron chi connectivity index (χ0n) is 10.2. The minimum absolute atomic E-state index is 0.0509. The van der Waals surface area contributed by atoms with E-state index in [4.69, 9.17) is 0 Å². The summed E-state index contributed by atoms with van der Waals surface area (Å²) in [7, 11) is 0. The molecule has 1 heterocycles. The third kappa shape index (κ3) is 3.12. The van der Waals surface area contributed by atoms with Crippen LogP contribution in [0.15, 0.2) is 42.6 Å². The van der Waals surface area contributed by atoms with Crippen LogP contribution in [0.25, 0.3) is 0 Å². The highest BCUT2D eigenvalue weighted by Crippen LogP contribution is 2.13. The van der Waals surface area contributed by atoms with Gasteiger partial charge in [-0.1, -0.05) is 6.07 Å². The molecule has 1 aromatic heterocycles. The standard InChI is InChI=1S/C13H11N3O3/c1-9-2-7-12(14-8-9)15-13(17)10-3-5-11(6-4-10)16(18)19/h2-8H,1H3,(H,14,15,17). The van der Waals surface area contributed by atoms with Crippen molar-refractivity contribution in [3.8, 4) is 0 Å². The van der Waals surface area contributed by atoms with E-state index in [9.17, 15) is 14.9 Å². The fourth-order valence-electron chi connectivity index (χ4n) is 1.46. The third-order valence-electron chi connectivity index (χ3n) is 2.49. The Hall–Kier alpha value is -2.76. The zero-order chi connectivity index (χ0) is 13.8. The average molecular weight is 257 g/mol. The molecule has 2 aromatic rings. The number of benzene rings is 1. The number of rotatable bonds is 3. The zero-order valence-corrected chi connectivity index (χ0v) is 10.2. The number of nitrogens with zero attached hydrogens (tertiary/aromatic N) is 2. The van der Waals surface area contributed by atoms with Crippen LogP contribution in [-0.4, -0.2) is 15.8 Å². The molecule has 0 aliphatic heterocycles. The summed E-state index contributed by atoms with van der Waals surface area (Å²) in [6.45, 7) is 1.90. The molecule has 0 radical (unpaired) electrons. The second kappa shape index (κ2) is 5.26. The largest absolute Gasteiger partial charge is 0.307 e. The Morgan fingerprint density at radius 2 is 1.89 bits per heavy atom. The van der Waals surface area contributed by atoms with Crippen molar-refractivity contribution in [1.82, 2.24) is 4.98 Å². The number of amides is 1. The van der Waals surface area contributed by atoms with E-state index in [1.165, 1.54) is 24.3 Å². The number of aromatic nitrogens is 1. The molecule has 0 unspecified atom stereocenters. The van der Waals surface area contributed by atoms with E-state index in [-0.39, 0.29) is 11.6 Å². The number of hydrogen-bond acceptors (Lipinski definition) is 4. The minimum Gasteiger partial charge on any atom is -0.307 e. The minimum atomic E-state index is -0.511. The summed E-state index contributed by atoms with van der Waals surface area (Å²) in [6, 6.07) is 8.91. The summed E-state index contributed by atoms with van der Waals surface area (Å²) >= 11 is 0. The summed E-state index contributed by atoms with van der Waals surface area (Å²) < 4.78 is 0. The van der Waals surface area contributed by atoms with Crippen LogP contribution in [0, 0.1) is 17.0 Å². The van der Waals surface area contributed by atoms with Gasteiger partial charge in [0.15, 0.2) is 0 Å². The smallest absolute Gasteiger partial charge is 0.269 e. The number of nitro benzene ring substituents is 1. The average Bonchev–Trinajstić information content (AvgIpc) is 2.41. The van der Waals surface area contributed by atoms with Gasteiger partial charge in [-0.05, 0) is 30.7 Å². The van der Waals surface area contributed by atoms with Crippen molar-refractivity contribution in [3.63, 3.8) is 0 Å². The molecule has 0 bridgehead atoms. The van der Waals surface area contributed by atoms with Crippen LogP contribution in [0.2, 0.25) is 0 Å². The number of non-ortho nitro benzene ring substituents is 1. The Kier molecular flexibility index (Phi) is 3.51. The van der Waals surface area contributed by atoms with E-state index in [1.807, 2.05) is 13.0 Å². The van der Waals surface area contributed by atoms with Gasteiger partial charge in [0.2, 0.25) is 0 Å². The second-order valence-corrected chi connectivity index (χ2v) is 3.98. The van der Waals surface area contributed by atoms with Gasteiger partial charge in [-0.25, -0.2) is 4.98 Å². The van der Waals surface area contributed by atoms with Crippen molar-refractivity contribution in [2.75, 3.05) is 5.32 Å². The maximum absolute atomic E-state index is 11.9.